The Morgan fingerprint density at radius 3 is 2.47 bits per heavy atom. The number of nitrogens with one attached hydrogen (secondary N) is 2. The third kappa shape index (κ3) is 6.54. The summed E-state index contributed by atoms with van der Waals surface area (Å²) in [5.41, 5.74) is 0.772. The zero-order valence-corrected chi connectivity index (χ0v) is 24.8. The fourth-order valence-electron chi connectivity index (χ4n) is 8.21. The highest BCUT2D eigenvalue weighted by Crippen LogP contribution is 2.61. The molecular formula is C31H39F3N6O3. The van der Waals surface area contributed by atoms with Crippen LogP contribution in [0.4, 0.5) is 24.9 Å². The highest BCUT2D eigenvalue weighted by molar-refractivity contribution is 5.53. The van der Waals surface area contributed by atoms with Crippen LogP contribution in [0.5, 0.6) is 5.75 Å². The summed E-state index contributed by atoms with van der Waals surface area (Å²) in [5, 5.41) is 16.2. The van der Waals surface area contributed by atoms with Crippen LogP contribution in [-0.4, -0.2) is 65.9 Å². The van der Waals surface area contributed by atoms with Gasteiger partial charge in [-0.15, -0.1) is 13.2 Å². The van der Waals surface area contributed by atoms with E-state index in [0.717, 1.165) is 12.8 Å². The van der Waals surface area contributed by atoms with Crippen molar-refractivity contribution >= 4 is 11.8 Å². The lowest BCUT2D eigenvalue weighted by Crippen LogP contribution is -2.63. The van der Waals surface area contributed by atoms with Crippen LogP contribution in [0.3, 0.4) is 0 Å². The number of likely N-dealkylation sites (N-methyl/N-ethyl adjacent to an activating group) is 1. The van der Waals surface area contributed by atoms with Gasteiger partial charge in [-0.25, -0.2) is 4.98 Å². The van der Waals surface area contributed by atoms with Crippen LogP contribution < -0.4 is 15.4 Å². The predicted octanol–water partition coefficient (Wildman–Crippen LogP) is 5.55. The van der Waals surface area contributed by atoms with E-state index in [-0.39, 0.29) is 29.7 Å². The molecule has 43 heavy (non-hydrogen) atoms. The molecule has 0 amide bonds. The molecule has 1 saturated heterocycles. The van der Waals surface area contributed by atoms with E-state index in [1.807, 2.05) is 13.8 Å². The zero-order chi connectivity index (χ0) is 30.4. The van der Waals surface area contributed by atoms with Gasteiger partial charge in [-0.1, -0.05) is 18.2 Å². The number of hydrogen-bond acceptors (Lipinski definition) is 9. The molecule has 232 valence electrons. The second-order valence-corrected chi connectivity index (χ2v) is 13.2. The molecule has 9 nitrogen and oxygen atoms in total. The molecule has 4 saturated carbocycles. The van der Waals surface area contributed by atoms with Crippen molar-refractivity contribution in [2.75, 3.05) is 37.4 Å². The normalized spacial score (nSPS) is 29.8. The number of halogens is 3. The van der Waals surface area contributed by atoms with E-state index in [0.29, 0.717) is 60.5 Å². The molecule has 2 aromatic rings. The average molecular weight is 601 g/mol. The number of nitrogens with zero attached hydrogens (tertiary/aromatic N) is 4. The first-order valence-electron chi connectivity index (χ1n) is 15.0. The first-order valence-corrected chi connectivity index (χ1v) is 15.0. The van der Waals surface area contributed by atoms with Gasteiger partial charge in [0, 0.05) is 24.7 Å². The van der Waals surface area contributed by atoms with E-state index in [1.165, 1.54) is 37.6 Å². The van der Waals surface area contributed by atoms with Gasteiger partial charge in [0.1, 0.15) is 23.2 Å². The summed E-state index contributed by atoms with van der Waals surface area (Å²) >= 11 is 0. The van der Waals surface area contributed by atoms with E-state index in [4.69, 9.17) is 9.47 Å². The minimum atomic E-state index is -4.79. The number of ether oxygens (including phenoxy) is 3. The molecule has 2 N–H and O–H groups in total. The third-order valence-corrected chi connectivity index (χ3v) is 9.82. The van der Waals surface area contributed by atoms with E-state index < -0.39 is 12.1 Å². The minimum Gasteiger partial charge on any atom is -0.405 e. The maximum absolute atomic E-state index is 12.8. The molecule has 1 aliphatic heterocycles. The third-order valence-electron chi connectivity index (χ3n) is 9.82. The Bertz CT molecular complexity index is 1340. The Morgan fingerprint density at radius 1 is 1.09 bits per heavy atom. The molecule has 1 aromatic heterocycles. The van der Waals surface area contributed by atoms with Gasteiger partial charge in [0.05, 0.1) is 25.5 Å². The summed E-state index contributed by atoms with van der Waals surface area (Å²) in [7, 11) is 2.23. The first kappa shape index (κ1) is 29.9. The Hall–Kier alpha value is -3.14. The summed E-state index contributed by atoms with van der Waals surface area (Å²) in [6, 6.07) is 8.86. The molecule has 1 aromatic carbocycles. The largest absolute Gasteiger partial charge is 0.573 e. The quantitative estimate of drug-likeness (QED) is 0.383. The Balaban J connectivity index is 1.11. The van der Waals surface area contributed by atoms with E-state index in [2.05, 4.69) is 43.4 Å². The number of anilines is 2. The summed E-state index contributed by atoms with van der Waals surface area (Å²) in [6.45, 7) is 6.02. The summed E-state index contributed by atoms with van der Waals surface area (Å²) < 4.78 is 54.6. The molecule has 12 heteroatoms. The van der Waals surface area contributed by atoms with E-state index in [9.17, 15) is 18.4 Å². The minimum absolute atomic E-state index is 0.0239. The van der Waals surface area contributed by atoms with Crippen molar-refractivity contribution < 1.29 is 27.4 Å². The highest BCUT2D eigenvalue weighted by Gasteiger charge is 2.56. The maximum Gasteiger partial charge on any atom is 0.573 e. The van der Waals surface area contributed by atoms with Crippen LogP contribution in [0.15, 0.2) is 30.5 Å². The van der Waals surface area contributed by atoms with Gasteiger partial charge in [0.2, 0.25) is 5.95 Å². The van der Waals surface area contributed by atoms with Crippen LogP contribution in [-0.2, 0) is 16.0 Å². The summed E-state index contributed by atoms with van der Waals surface area (Å²) in [4.78, 5) is 11.3. The predicted molar refractivity (Wildman–Crippen MR) is 153 cm³/mol. The van der Waals surface area contributed by atoms with Gasteiger partial charge in [-0.05, 0) is 82.2 Å². The van der Waals surface area contributed by atoms with Crippen molar-refractivity contribution in [2.45, 2.75) is 76.7 Å². The SMILES string of the molecule is CN(C1COC(C)(C)OC1)C1[C@@H]2CC3C[C@H]1CC(CNc1nc(NCc4ccccc4OC(F)(F)F)ncc1C#N)(C3)C2. The van der Waals surface area contributed by atoms with Crippen molar-refractivity contribution in [1.29, 1.82) is 5.26 Å². The Morgan fingerprint density at radius 2 is 1.79 bits per heavy atom. The van der Waals surface area contributed by atoms with Crippen LogP contribution in [0, 0.1) is 34.5 Å². The fraction of sp³-hybridized carbons (Fsp3) is 0.645. The van der Waals surface area contributed by atoms with Gasteiger partial charge in [-0.3, -0.25) is 4.90 Å². The second kappa shape index (κ2) is 11.4. The number of aromatic nitrogens is 2. The van der Waals surface area contributed by atoms with Crippen LogP contribution in [0.1, 0.15) is 57.1 Å². The summed E-state index contributed by atoms with van der Waals surface area (Å²) in [5.74, 6) is 1.75. The van der Waals surface area contributed by atoms with Crippen molar-refractivity contribution in [1.82, 2.24) is 14.9 Å². The van der Waals surface area contributed by atoms with Gasteiger partial charge >= 0.3 is 6.36 Å². The van der Waals surface area contributed by atoms with Crippen molar-refractivity contribution in [3.05, 3.63) is 41.6 Å². The number of alkyl halides is 3. The zero-order valence-electron chi connectivity index (χ0n) is 24.8. The van der Waals surface area contributed by atoms with E-state index in [1.54, 1.807) is 12.1 Å². The molecule has 5 aliphatic rings. The summed E-state index contributed by atoms with van der Waals surface area (Å²) in [6.07, 6.45) is 2.56. The molecule has 5 fully saturated rings. The van der Waals surface area contributed by atoms with Crippen molar-refractivity contribution in [3.63, 3.8) is 0 Å². The fourth-order valence-corrected chi connectivity index (χ4v) is 8.21. The number of benzene rings is 1. The van der Waals surface area contributed by atoms with Gasteiger partial charge < -0.3 is 24.8 Å². The smallest absolute Gasteiger partial charge is 0.405 e. The lowest BCUT2D eigenvalue weighted by Gasteiger charge is -2.62. The van der Waals surface area contributed by atoms with Crippen LogP contribution in [0.2, 0.25) is 0 Å². The van der Waals surface area contributed by atoms with Crippen molar-refractivity contribution in [2.24, 2.45) is 23.2 Å². The first-order chi connectivity index (χ1) is 20.4. The van der Waals surface area contributed by atoms with Crippen molar-refractivity contribution in [3.8, 4) is 11.8 Å². The molecular weight excluding hydrogens is 561 g/mol. The molecule has 0 spiro atoms. The van der Waals surface area contributed by atoms with Crippen LogP contribution >= 0.6 is 0 Å². The van der Waals surface area contributed by atoms with Gasteiger partial charge in [0.25, 0.3) is 0 Å². The number of para-hydroxylation sites is 1. The molecule has 4 aliphatic carbocycles. The number of nitriles is 1. The molecule has 3 unspecified atom stereocenters. The maximum atomic E-state index is 12.8. The number of hydrogen-bond donors (Lipinski definition) is 2. The molecule has 5 atom stereocenters. The molecule has 4 bridgehead atoms. The standard InChI is InChI=1S/C31H39F3N6O3/c1-29(2)41-16-24(17-42-29)40(3)26-21-8-19-9-22(26)12-30(10-19,11-21)18-38-27-23(13-35)15-37-28(39-27)36-14-20-6-4-5-7-25(20)43-31(32,33)34/h4-7,15,19,21-22,24,26H,8-12,14,16-18H2,1-3H3,(H2,36,37,38,39)/t19?,21-,22+,26?,30?. The van der Waals surface area contributed by atoms with Crippen LogP contribution in [0.25, 0.3) is 0 Å². The Kier molecular flexibility index (Phi) is 7.94. The van der Waals surface area contributed by atoms with Gasteiger partial charge in [0.15, 0.2) is 5.79 Å². The van der Waals surface area contributed by atoms with Gasteiger partial charge in [-0.2, -0.15) is 10.2 Å². The monoisotopic (exact) mass is 600 g/mol. The Labute approximate surface area is 250 Å². The average Bonchev–Trinajstić information content (AvgIpc) is 2.94. The highest BCUT2D eigenvalue weighted by atomic mass is 19.4. The second-order valence-electron chi connectivity index (χ2n) is 13.2. The molecule has 7 rings (SSSR count). The molecule has 0 radical (unpaired) electrons. The topological polar surface area (TPSA) is 105 Å². The lowest BCUT2D eigenvalue weighted by molar-refractivity contribution is -0.275. The molecule has 2 heterocycles. The number of rotatable bonds is 9. The van der Waals surface area contributed by atoms with E-state index >= 15 is 0 Å². The lowest BCUT2D eigenvalue weighted by atomic mass is 9.47.